The molecule has 1 aliphatic rings. The SMILES string of the molecule is Cc1c([C@@H]2CCCN2C(=O)c2ccc([N+](=O)[O-])c(Cl)c2)cnn1C. The Morgan fingerprint density at radius 2 is 2.21 bits per heavy atom. The van der Waals surface area contributed by atoms with Gasteiger partial charge in [0.1, 0.15) is 5.02 Å². The van der Waals surface area contributed by atoms with Crippen LogP contribution in [0.25, 0.3) is 0 Å². The Bertz CT molecular complexity index is 818. The van der Waals surface area contributed by atoms with Gasteiger partial charge in [-0.3, -0.25) is 19.6 Å². The van der Waals surface area contributed by atoms with Crippen LogP contribution in [0.15, 0.2) is 24.4 Å². The van der Waals surface area contributed by atoms with E-state index in [0.29, 0.717) is 12.1 Å². The maximum atomic E-state index is 12.9. The first kappa shape index (κ1) is 16.4. The van der Waals surface area contributed by atoms with Crippen LogP contribution in [-0.2, 0) is 7.05 Å². The lowest BCUT2D eigenvalue weighted by Crippen LogP contribution is -2.30. The predicted octanol–water partition coefficient (Wildman–Crippen LogP) is 3.27. The van der Waals surface area contributed by atoms with Gasteiger partial charge in [-0.05, 0) is 31.9 Å². The molecule has 0 saturated carbocycles. The molecule has 0 unspecified atom stereocenters. The second kappa shape index (κ2) is 6.24. The van der Waals surface area contributed by atoms with Crippen molar-refractivity contribution < 1.29 is 9.72 Å². The van der Waals surface area contributed by atoms with Gasteiger partial charge in [0, 0.05) is 36.5 Å². The molecule has 1 amide bonds. The monoisotopic (exact) mass is 348 g/mol. The van der Waals surface area contributed by atoms with E-state index < -0.39 is 4.92 Å². The minimum atomic E-state index is -0.561. The number of amides is 1. The minimum absolute atomic E-state index is 0.0276. The number of nitro benzene ring substituents is 1. The van der Waals surface area contributed by atoms with Crippen LogP contribution in [0.2, 0.25) is 5.02 Å². The molecule has 126 valence electrons. The van der Waals surface area contributed by atoms with E-state index in [4.69, 9.17) is 11.6 Å². The van der Waals surface area contributed by atoms with E-state index in [0.717, 1.165) is 24.1 Å². The fourth-order valence-electron chi connectivity index (χ4n) is 3.13. The maximum Gasteiger partial charge on any atom is 0.287 e. The fourth-order valence-corrected chi connectivity index (χ4v) is 3.38. The molecular weight excluding hydrogens is 332 g/mol. The van der Waals surface area contributed by atoms with Crippen LogP contribution in [-0.4, -0.2) is 32.1 Å². The summed E-state index contributed by atoms with van der Waals surface area (Å²) in [6.07, 6.45) is 3.58. The first-order valence-electron chi connectivity index (χ1n) is 7.63. The van der Waals surface area contributed by atoms with Crippen LogP contribution in [0.3, 0.4) is 0 Å². The first-order chi connectivity index (χ1) is 11.4. The number of halogens is 1. The van der Waals surface area contributed by atoms with Crippen molar-refractivity contribution in [2.45, 2.75) is 25.8 Å². The van der Waals surface area contributed by atoms with E-state index in [1.807, 2.05) is 14.0 Å². The van der Waals surface area contributed by atoms with Crippen molar-refractivity contribution in [1.29, 1.82) is 0 Å². The number of nitro groups is 1. The number of benzene rings is 1. The molecule has 1 aliphatic heterocycles. The molecule has 0 radical (unpaired) electrons. The molecule has 24 heavy (non-hydrogen) atoms. The summed E-state index contributed by atoms with van der Waals surface area (Å²) in [6.45, 7) is 2.62. The second-order valence-corrected chi connectivity index (χ2v) is 6.30. The summed E-state index contributed by atoms with van der Waals surface area (Å²) < 4.78 is 1.79. The number of aryl methyl sites for hydroxylation is 1. The van der Waals surface area contributed by atoms with E-state index in [1.54, 1.807) is 15.8 Å². The van der Waals surface area contributed by atoms with Crippen molar-refractivity contribution in [2.75, 3.05) is 6.54 Å². The largest absolute Gasteiger partial charge is 0.331 e. The van der Waals surface area contributed by atoms with Crippen LogP contribution in [0, 0.1) is 17.0 Å². The van der Waals surface area contributed by atoms with Crippen LogP contribution >= 0.6 is 11.6 Å². The highest BCUT2D eigenvalue weighted by Crippen LogP contribution is 2.35. The lowest BCUT2D eigenvalue weighted by molar-refractivity contribution is -0.384. The molecule has 0 spiro atoms. The van der Waals surface area contributed by atoms with Crippen molar-refractivity contribution in [3.05, 3.63) is 56.4 Å². The predicted molar refractivity (Wildman–Crippen MR) is 89.1 cm³/mol. The number of carbonyl (C=O) groups excluding carboxylic acids is 1. The van der Waals surface area contributed by atoms with Crippen LogP contribution in [0.1, 0.15) is 40.5 Å². The number of nitrogens with zero attached hydrogens (tertiary/aromatic N) is 4. The zero-order valence-electron chi connectivity index (χ0n) is 13.4. The minimum Gasteiger partial charge on any atom is -0.331 e. The van der Waals surface area contributed by atoms with E-state index in [2.05, 4.69) is 5.10 Å². The van der Waals surface area contributed by atoms with Gasteiger partial charge in [0.05, 0.1) is 17.2 Å². The molecule has 1 aromatic heterocycles. The van der Waals surface area contributed by atoms with Crippen LogP contribution in [0.5, 0.6) is 0 Å². The Hall–Kier alpha value is -2.41. The van der Waals surface area contributed by atoms with E-state index in [-0.39, 0.29) is 22.7 Å². The smallest absolute Gasteiger partial charge is 0.287 e. The van der Waals surface area contributed by atoms with Crippen molar-refractivity contribution >= 4 is 23.2 Å². The molecule has 1 aromatic carbocycles. The lowest BCUT2D eigenvalue weighted by atomic mass is 10.0. The van der Waals surface area contributed by atoms with E-state index in [1.165, 1.54) is 18.2 Å². The van der Waals surface area contributed by atoms with Crippen molar-refractivity contribution in [3.63, 3.8) is 0 Å². The molecule has 2 aromatic rings. The van der Waals surface area contributed by atoms with Gasteiger partial charge in [-0.25, -0.2) is 0 Å². The summed E-state index contributed by atoms with van der Waals surface area (Å²) in [5.74, 6) is -0.169. The van der Waals surface area contributed by atoms with Gasteiger partial charge in [-0.15, -0.1) is 0 Å². The molecule has 2 heterocycles. The number of hydrogen-bond donors (Lipinski definition) is 0. The Kier molecular flexibility index (Phi) is 4.28. The summed E-state index contributed by atoms with van der Waals surface area (Å²) in [5, 5.41) is 15.1. The molecule has 8 heteroatoms. The van der Waals surface area contributed by atoms with E-state index in [9.17, 15) is 14.9 Å². The number of likely N-dealkylation sites (tertiary alicyclic amines) is 1. The van der Waals surface area contributed by atoms with Gasteiger partial charge < -0.3 is 4.90 Å². The van der Waals surface area contributed by atoms with Gasteiger partial charge in [-0.1, -0.05) is 11.6 Å². The Balaban J connectivity index is 1.90. The number of carbonyl (C=O) groups is 1. The van der Waals surface area contributed by atoms with Crippen molar-refractivity contribution in [2.24, 2.45) is 7.05 Å². The summed E-state index contributed by atoms with van der Waals surface area (Å²) in [4.78, 5) is 24.9. The quantitative estimate of drug-likeness (QED) is 0.629. The third kappa shape index (κ3) is 2.75. The number of hydrogen-bond acceptors (Lipinski definition) is 4. The third-order valence-corrected chi connectivity index (χ3v) is 4.84. The van der Waals surface area contributed by atoms with E-state index >= 15 is 0 Å². The molecule has 3 rings (SSSR count). The summed E-state index contributed by atoms with van der Waals surface area (Å²) in [5.41, 5.74) is 2.23. The molecule has 1 atom stereocenters. The Morgan fingerprint density at radius 1 is 1.46 bits per heavy atom. The second-order valence-electron chi connectivity index (χ2n) is 5.89. The first-order valence-corrected chi connectivity index (χ1v) is 8.01. The molecule has 0 N–H and O–H groups in total. The van der Waals surface area contributed by atoms with Crippen molar-refractivity contribution in [3.8, 4) is 0 Å². The zero-order chi connectivity index (χ0) is 17.4. The summed E-state index contributed by atoms with van der Waals surface area (Å²) in [7, 11) is 1.87. The molecule has 1 saturated heterocycles. The number of rotatable bonds is 3. The highest BCUT2D eigenvalue weighted by atomic mass is 35.5. The molecular formula is C16H17ClN4O3. The molecule has 7 nitrogen and oxygen atoms in total. The molecule has 0 aliphatic carbocycles. The van der Waals surface area contributed by atoms with Gasteiger partial charge in [-0.2, -0.15) is 5.10 Å². The topological polar surface area (TPSA) is 81.3 Å². The van der Waals surface area contributed by atoms with Crippen LogP contribution < -0.4 is 0 Å². The van der Waals surface area contributed by atoms with Gasteiger partial charge >= 0.3 is 0 Å². The summed E-state index contributed by atoms with van der Waals surface area (Å²) >= 11 is 5.93. The Morgan fingerprint density at radius 3 is 2.79 bits per heavy atom. The van der Waals surface area contributed by atoms with Crippen LogP contribution in [0.4, 0.5) is 5.69 Å². The Labute approximate surface area is 144 Å². The zero-order valence-corrected chi connectivity index (χ0v) is 14.2. The normalized spacial score (nSPS) is 17.3. The van der Waals surface area contributed by atoms with Gasteiger partial charge in [0.15, 0.2) is 0 Å². The summed E-state index contributed by atoms with van der Waals surface area (Å²) in [6, 6.07) is 4.07. The average Bonchev–Trinajstić information content (AvgIpc) is 3.14. The standard InChI is InChI=1S/C16H17ClN4O3/c1-10-12(9-18-19(10)2)14-4-3-7-20(14)16(22)11-5-6-15(21(23)24)13(17)8-11/h5-6,8-9,14H,3-4,7H2,1-2H3/t14-/m0/s1. The third-order valence-electron chi connectivity index (χ3n) is 4.54. The lowest BCUT2D eigenvalue weighted by Gasteiger charge is -2.25. The average molecular weight is 349 g/mol. The maximum absolute atomic E-state index is 12.9. The highest BCUT2D eigenvalue weighted by molar-refractivity contribution is 6.33. The molecule has 1 fully saturated rings. The van der Waals surface area contributed by atoms with Gasteiger partial charge in [0.2, 0.25) is 0 Å². The van der Waals surface area contributed by atoms with Crippen molar-refractivity contribution in [1.82, 2.24) is 14.7 Å². The molecule has 0 bridgehead atoms. The fraction of sp³-hybridized carbons (Fsp3) is 0.375. The number of aromatic nitrogens is 2. The van der Waals surface area contributed by atoms with Gasteiger partial charge in [0.25, 0.3) is 11.6 Å². The highest BCUT2D eigenvalue weighted by Gasteiger charge is 2.33.